The summed E-state index contributed by atoms with van der Waals surface area (Å²) < 4.78 is 4.25. The van der Waals surface area contributed by atoms with E-state index in [2.05, 4.69) is 4.74 Å². The average Bonchev–Trinajstić information content (AvgIpc) is 1.88. The van der Waals surface area contributed by atoms with Gasteiger partial charge < -0.3 is 10.5 Å². The lowest BCUT2D eigenvalue weighted by atomic mass is 10.4. The lowest BCUT2D eigenvalue weighted by Gasteiger charge is -1.98. The molecular formula is C5H10N2O3. The van der Waals surface area contributed by atoms with Gasteiger partial charge in [-0.15, -0.1) is 0 Å². The second kappa shape index (κ2) is 7.81. The predicted molar refractivity (Wildman–Crippen MR) is 34.1 cm³/mol. The Bertz CT molecular complexity index is 127. The van der Waals surface area contributed by atoms with Crippen LogP contribution in [0.2, 0.25) is 0 Å². The van der Waals surface area contributed by atoms with Gasteiger partial charge in [-0.3, -0.25) is 4.79 Å². The molecule has 0 rings (SSSR count). The Morgan fingerprint density at radius 2 is 2.10 bits per heavy atom. The number of isocyanates is 1. The van der Waals surface area contributed by atoms with Gasteiger partial charge in [-0.05, 0) is 6.92 Å². The van der Waals surface area contributed by atoms with Crippen LogP contribution in [-0.4, -0.2) is 25.2 Å². The maximum atomic E-state index is 10.2. The van der Waals surface area contributed by atoms with E-state index < -0.39 is 6.04 Å². The van der Waals surface area contributed by atoms with Crippen molar-refractivity contribution in [2.75, 3.05) is 7.11 Å². The average molecular weight is 146 g/mol. The minimum absolute atomic E-state index is 0.375. The standard InChI is InChI=1S/C4H9NO2.CHNO/c1-3(5)4(6)7-2;2-1-3/h3H,5H2,1-2H3;2H. The largest absolute Gasteiger partial charge is 0.468 e. The molecule has 1 atom stereocenters. The van der Waals surface area contributed by atoms with Crippen molar-refractivity contribution in [3.05, 3.63) is 0 Å². The van der Waals surface area contributed by atoms with E-state index in [1.807, 2.05) is 0 Å². The van der Waals surface area contributed by atoms with Gasteiger partial charge in [0, 0.05) is 0 Å². The van der Waals surface area contributed by atoms with Crippen molar-refractivity contribution >= 4 is 12.0 Å². The zero-order chi connectivity index (χ0) is 8.57. The lowest BCUT2D eigenvalue weighted by molar-refractivity contribution is -0.141. The van der Waals surface area contributed by atoms with Gasteiger partial charge in [-0.25, -0.2) is 10.2 Å². The molecule has 0 aromatic carbocycles. The van der Waals surface area contributed by atoms with Crippen molar-refractivity contribution in [2.45, 2.75) is 13.0 Å². The lowest BCUT2D eigenvalue weighted by Crippen LogP contribution is -2.27. The predicted octanol–water partition coefficient (Wildman–Crippen LogP) is -0.592. The molecule has 0 aliphatic heterocycles. The van der Waals surface area contributed by atoms with Crippen LogP contribution in [0, 0.1) is 5.41 Å². The van der Waals surface area contributed by atoms with Gasteiger partial charge in [-0.1, -0.05) is 0 Å². The molecule has 3 N–H and O–H groups in total. The second-order valence-electron chi connectivity index (χ2n) is 1.41. The van der Waals surface area contributed by atoms with E-state index in [0.717, 1.165) is 6.08 Å². The van der Waals surface area contributed by atoms with Crippen molar-refractivity contribution in [1.82, 2.24) is 0 Å². The molecule has 0 saturated carbocycles. The topological polar surface area (TPSA) is 93.2 Å². The number of hydrogen-bond acceptors (Lipinski definition) is 5. The smallest absolute Gasteiger partial charge is 0.322 e. The highest BCUT2D eigenvalue weighted by Gasteiger charge is 2.03. The van der Waals surface area contributed by atoms with E-state index in [0.29, 0.717) is 0 Å². The monoisotopic (exact) mass is 146 g/mol. The number of rotatable bonds is 1. The number of esters is 1. The molecule has 0 aromatic heterocycles. The quantitative estimate of drug-likeness (QED) is 0.293. The van der Waals surface area contributed by atoms with Crippen LogP contribution in [0.25, 0.3) is 0 Å². The van der Waals surface area contributed by atoms with E-state index in [1.165, 1.54) is 7.11 Å². The Kier molecular flexibility index (Phi) is 9.05. The van der Waals surface area contributed by atoms with Crippen molar-refractivity contribution in [3.8, 4) is 0 Å². The Morgan fingerprint density at radius 3 is 2.10 bits per heavy atom. The fraction of sp³-hybridized carbons (Fsp3) is 0.600. The highest BCUT2D eigenvalue weighted by molar-refractivity contribution is 5.74. The number of hydrogen-bond donors (Lipinski definition) is 2. The van der Waals surface area contributed by atoms with Gasteiger partial charge in [0.15, 0.2) is 0 Å². The summed E-state index contributed by atoms with van der Waals surface area (Å²) in [6.07, 6.45) is 0.750. The molecule has 0 aromatic rings. The van der Waals surface area contributed by atoms with Gasteiger partial charge in [-0.2, -0.15) is 0 Å². The first-order valence-corrected chi connectivity index (χ1v) is 2.47. The fourth-order valence-electron chi connectivity index (χ4n) is 0.186. The zero-order valence-corrected chi connectivity index (χ0v) is 5.88. The summed E-state index contributed by atoms with van der Waals surface area (Å²) in [5.74, 6) is -0.375. The highest BCUT2D eigenvalue weighted by atomic mass is 16.5. The second-order valence-corrected chi connectivity index (χ2v) is 1.41. The maximum absolute atomic E-state index is 10.2. The molecule has 10 heavy (non-hydrogen) atoms. The number of carbonyl (C=O) groups is 1. The number of nitrogens with one attached hydrogen (secondary N) is 1. The molecule has 0 amide bonds. The van der Waals surface area contributed by atoms with E-state index in [9.17, 15) is 4.79 Å². The third-order valence-corrected chi connectivity index (χ3v) is 0.573. The van der Waals surface area contributed by atoms with Crippen LogP contribution in [-0.2, 0) is 14.3 Å². The highest BCUT2D eigenvalue weighted by Crippen LogP contribution is 1.76. The SMILES string of the molecule is COC(=O)C(C)N.N=C=O. The Labute approximate surface area is 58.7 Å². The summed E-state index contributed by atoms with van der Waals surface area (Å²) in [6.45, 7) is 1.58. The van der Waals surface area contributed by atoms with Crippen LogP contribution in [0.15, 0.2) is 0 Å². The molecule has 0 aliphatic carbocycles. The molecule has 0 radical (unpaired) electrons. The maximum Gasteiger partial charge on any atom is 0.322 e. The number of methoxy groups -OCH3 is 1. The van der Waals surface area contributed by atoms with Crippen LogP contribution in [0.5, 0.6) is 0 Å². The summed E-state index contributed by atoms with van der Waals surface area (Å²) in [5, 5.41) is 5.40. The third-order valence-electron chi connectivity index (χ3n) is 0.573. The summed E-state index contributed by atoms with van der Waals surface area (Å²) in [7, 11) is 1.31. The number of carbonyl (C=O) groups excluding carboxylic acids is 2. The zero-order valence-electron chi connectivity index (χ0n) is 5.88. The van der Waals surface area contributed by atoms with Gasteiger partial charge in [0.05, 0.1) is 7.11 Å². The van der Waals surface area contributed by atoms with Gasteiger partial charge in [0.25, 0.3) is 0 Å². The van der Waals surface area contributed by atoms with Crippen LogP contribution >= 0.6 is 0 Å². The number of nitrogens with two attached hydrogens (primary N) is 1. The molecule has 0 fully saturated rings. The molecule has 1 unspecified atom stereocenters. The molecule has 5 heteroatoms. The van der Waals surface area contributed by atoms with Crippen LogP contribution in [0.4, 0.5) is 0 Å². The molecule has 5 nitrogen and oxygen atoms in total. The van der Waals surface area contributed by atoms with Crippen molar-refractivity contribution < 1.29 is 14.3 Å². The normalized spacial score (nSPS) is 9.90. The molecule has 0 heterocycles. The van der Waals surface area contributed by atoms with Gasteiger partial charge in [0.1, 0.15) is 6.04 Å². The van der Waals surface area contributed by atoms with Gasteiger partial charge in [0.2, 0.25) is 6.08 Å². The third kappa shape index (κ3) is 9.94. The minimum Gasteiger partial charge on any atom is -0.468 e. The van der Waals surface area contributed by atoms with Crippen molar-refractivity contribution in [3.63, 3.8) is 0 Å². The fourth-order valence-corrected chi connectivity index (χ4v) is 0.186. The van der Waals surface area contributed by atoms with Crippen LogP contribution in [0.1, 0.15) is 6.92 Å². The van der Waals surface area contributed by atoms with Crippen LogP contribution < -0.4 is 5.73 Å². The molecule has 0 aliphatic rings. The Hall–Kier alpha value is -1.19. The Morgan fingerprint density at radius 1 is 1.80 bits per heavy atom. The van der Waals surface area contributed by atoms with E-state index in [4.69, 9.17) is 15.9 Å². The van der Waals surface area contributed by atoms with E-state index in [-0.39, 0.29) is 5.97 Å². The number of ether oxygens (including phenoxy) is 1. The molecule has 0 spiro atoms. The molecular weight excluding hydrogens is 136 g/mol. The Balaban J connectivity index is 0. The van der Waals surface area contributed by atoms with Crippen molar-refractivity contribution in [2.24, 2.45) is 5.73 Å². The van der Waals surface area contributed by atoms with Crippen molar-refractivity contribution in [1.29, 1.82) is 5.41 Å². The summed E-state index contributed by atoms with van der Waals surface area (Å²) in [6, 6.07) is -0.495. The first kappa shape index (κ1) is 11.6. The molecule has 58 valence electrons. The molecule has 0 bridgehead atoms. The van der Waals surface area contributed by atoms with Crippen LogP contribution in [0.3, 0.4) is 0 Å². The summed E-state index contributed by atoms with van der Waals surface area (Å²) in [4.78, 5) is 18.5. The minimum atomic E-state index is -0.495. The van der Waals surface area contributed by atoms with E-state index in [1.54, 1.807) is 6.92 Å². The van der Waals surface area contributed by atoms with E-state index >= 15 is 0 Å². The van der Waals surface area contributed by atoms with Gasteiger partial charge >= 0.3 is 5.97 Å². The molecule has 0 saturated heterocycles. The first-order chi connectivity index (χ1) is 4.59. The summed E-state index contributed by atoms with van der Waals surface area (Å²) >= 11 is 0. The summed E-state index contributed by atoms with van der Waals surface area (Å²) in [5.41, 5.74) is 5.07. The first-order valence-electron chi connectivity index (χ1n) is 2.47.